The molecule has 0 radical (unpaired) electrons. The predicted molar refractivity (Wildman–Crippen MR) is 110 cm³/mol. The number of carbonyl (C=O) groups excluding carboxylic acids is 1. The van der Waals surface area contributed by atoms with E-state index in [9.17, 15) is 4.79 Å². The number of nitrogens with zero attached hydrogens (tertiary/aromatic N) is 2. The van der Waals surface area contributed by atoms with Crippen LogP contribution in [0.2, 0.25) is 0 Å². The van der Waals surface area contributed by atoms with Gasteiger partial charge in [-0.3, -0.25) is 0 Å². The second kappa shape index (κ2) is 8.70. The molecule has 6 nitrogen and oxygen atoms in total. The lowest BCUT2D eigenvalue weighted by Crippen LogP contribution is -2.05. The molecule has 0 saturated carbocycles. The topological polar surface area (TPSA) is 74.5 Å². The average molecular weight is 415 g/mol. The normalized spacial score (nSPS) is 14.2. The standard InChI is InChI=1S/C20H18N2O4S2/c1-24-16-4-2-3-15(11-16)18-21-17(26-22-18)12-25-19(23)13-5-7-14(8-6-13)20-27-9-10-28-20/h2-8,11,20H,9-10,12H2,1H3. The van der Waals surface area contributed by atoms with Crippen LogP contribution >= 0.6 is 23.5 Å². The van der Waals surface area contributed by atoms with Crippen molar-refractivity contribution in [3.05, 3.63) is 65.5 Å². The summed E-state index contributed by atoms with van der Waals surface area (Å²) in [7, 11) is 1.60. The molecule has 0 amide bonds. The minimum atomic E-state index is -0.417. The molecule has 1 aliphatic rings. The van der Waals surface area contributed by atoms with Crippen molar-refractivity contribution >= 4 is 29.5 Å². The Morgan fingerprint density at radius 2 is 1.96 bits per heavy atom. The van der Waals surface area contributed by atoms with E-state index in [0.717, 1.165) is 5.56 Å². The summed E-state index contributed by atoms with van der Waals surface area (Å²) in [5.74, 6) is 3.28. The van der Waals surface area contributed by atoms with Gasteiger partial charge in [0.25, 0.3) is 5.89 Å². The lowest BCUT2D eigenvalue weighted by atomic mass is 10.1. The summed E-state index contributed by atoms with van der Waals surface area (Å²) in [6, 6.07) is 14.9. The third kappa shape index (κ3) is 4.34. The Morgan fingerprint density at radius 1 is 1.18 bits per heavy atom. The van der Waals surface area contributed by atoms with Gasteiger partial charge in [-0.1, -0.05) is 29.4 Å². The maximum absolute atomic E-state index is 12.3. The lowest BCUT2D eigenvalue weighted by Gasteiger charge is -2.08. The quantitative estimate of drug-likeness (QED) is 0.543. The summed E-state index contributed by atoms with van der Waals surface area (Å²) < 4.78 is 16.1. The minimum Gasteiger partial charge on any atom is -0.497 e. The molecule has 28 heavy (non-hydrogen) atoms. The summed E-state index contributed by atoms with van der Waals surface area (Å²) in [6.07, 6.45) is 0. The Morgan fingerprint density at radius 3 is 2.71 bits per heavy atom. The molecule has 8 heteroatoms. The molecule has 0 aliphatic carbocycles. The van der Waals surface area contributed by atoms with Crippen molar-refractivity contribution in [2.75, 3.05) is 18.6 Å². The number of ether oxygens (including phenoxy) is 2. The van der Waals surface area contributed by atoms with Crippen molar-refractivity contribution in [1.82, 2.24) is 10.1 Å². The van der Waals surface area contributed by atoms with E-state index < -0.39 is 5.97 Å². The first-order chi connectivity index (χ1) is 13.7. The molecule has 1 aliphatic heterocycles. The maximum Gasteiger partial charge on any atom is 0.338 e. The predicted octanol–water partition coefficient (Wildman–Crippen LogP) is 4.58. The third-order valence-electron chi connectivity index (χ3n) is 4.16. The van der Waals surface area contributed by atoms with Gasteiger partial charge < -0.3 is 14.0 Å². The third-order valence-corrected chi connectivity index (χ3v) is 7.27. The molecule has 3 aromatic rings. The van der Waals surface area contributed by atoms with E-state index >= 15 is 0 Å². The van der Waals surface area contributed by atoms with Crippen LogP contribution in [0.3, 0.4) is 0 Å². The minimum absolute atomic E-state index is 0.0775. The van der Waals surface area contributed by atoms with Crippen LogP contribution in [0.15, 0.2) is 53.1 Å². The van der Waals surface area contributed by atoms with Crippen LogP contribution in [0.5, 0.6) is 5.75 Å². The molecule has 1 aromatic heterocycles. The largest absolute Gasteiger partial charge is 0.497 e. The highest BCUT2D eigenvalue weighted by Crippen LogP contribution is 2.45. The molecule has 0 atom stereocenters. The SMILES string of the molecule is COc1cccc(-c2noc(COC(=O)c3ccc(C4SCCS4)cc3)n2)c1. The van der Waals surface area contributed by atoms with Crippen molar-refractivity contribution in [3.63, 3.8) is 0 Å². The second-order valence-electron chi connectivity index (χ2n) is 6.02. The first-order valence-corrected chi connectivity index (χ1v) is 10.8. The molecular weight excluding hydrogens is 396 g/mol. The van der Waals surface area contributed by atoms with Crippen molar-refractivity contribution in [3.8, 4) is 17.1 Å². The van der Waals surface area contributed by atoms with E-state index in [0.29, 0.717) is 21.7 Å². The van der Waals surface area contributed by atoms with Crippen molar-refractivity contribution in [2.45, 2.75) is 11.2 Å². The number of benzene rings is 2. The van der Waals surface area contributed by atoms with Gasteiger partial charge in [0, 0.05) is 17.1 Å². The fourth-order valence-corrected chi connectivity index (χ4v) is 5.59. The lowest BCUT2D eigenvalue weighted by molar-refractivity contribution is 0.0430. The van der Waals surface area contributed by atoms with Gasteiger partial charge in [0.15, 0.2) is 6.61 Å². The van der Waals surface area contributed by atoms with Crippen molar-refractivity contribution in [2.24, 2.45) is 0 Å². The number of hydrogen-bond acceptors (Lipinski definition) is 8. The number of methoxy groups -OCH3 is 1. The molecule has 2 aromatic carbocycles. The molecule has 144 valence electrons. The first kappa shape index (κ1) is 18.9. The number of aromatic nitrogens is 2. The number of thioether (sulfide) groups is 2. The highest BCUT2D eigenvalue weighted by molar-refractivity contribution is 8.19. The summed E-state index contributed by atoms with van der Waals surface area (Å²) in [4.78, 5) is 16.5. The Balaban J connectivity index is 1.36. The highest BCUT2D eigenvalue weighted by Gasteiger charge is 2.19. The first-order valence-electron chi connectivity index (χ1n) is 8.70. The van der Waals surface area contributed by atoms with E-state index in [1.165, 1.54) is 17.1 Å². The zero-order valence-corrected chi connectivity index (χ0v) is 16.8. The number of esters is 1. The zero-order valence-electron chi connectivity index (χ0n) is 15.2. The molecular formula is C20H18N2O4S2. The summed E-state index contributed by atoms with van der Waals surface area (Å²) in [5, 5.41) is 3.93. The van der Waals surface area contributed by atoms with E-state index in [4.69, 9.17) is 14.0 Å². The molecule has 1 fully saturated rings. The van der Waals surface area contributed by atoms with E-state index in [1.807, 2.05) is 59.9 Å². The van der Waals surface area contributed by atoms with Gasteiger partial charge in [0.2, 0.25) is 5.82 Å². The molecule has 0 unspecified atom stereocenters. The maximum atomic E-state index is 12.3. The van der Waals surface area contributed by atoms with Gasteiger partial charge in [0.1, 0.15) is 5.75 Å². The molecule has 0 spiro atoms. The Labute approximate surface area is 171 Å². The van der Waals surface area contributed by atoms with Crippen molar-refractivity contribution in [1.29, 1.82) is 0 Å². The molecule has 4 rings (SSSR count). The van der Waals surface area contributed by atoms with Gasteiger partial charge in [-0.2, -0.15) is 4.98 Å². The number of rotatable bonds is 6. The summed E-state index contributed by atoms with van der Waals surface area (Å²) in [5.41, 5.74) is 2.49. The molecule has 2 heterocycles. The molecule has 0 N–H and O–H groups in total. The highest BCUT2D eigenvalue weighted by atomic mass is 32.2. The van der Waals surface area contributed by atoms with Gasteiger partial charge in [-0.25, -0.2) is 4.79 Å². The van der Waals surface area contributed by atoms with Crippen LogP contribution in [-0.2, 0) is 11.3 Å². The van der Waals surface area contributed by atoms with Crippen LogP contribution in [-0.4, -0.2) is 34.7 Å². The van der Waals surface area contributed by atoms with Crippen LogP contribution in [0.1, 0.15) is 26.4 Å². The Hall–Kier alpha value is -2.45. The number of carbonyl (C=O) groups is 1. The summed E-state index contributed by atoms with van der Waals surface area (Å²) in [6.45, 7) is -0.0775. The van der Waals surface area contributed by atoms with E-state index in [2.05, 4.69) is 10.1 Å². The van der Waals surface area contributed by atoms with E-state index in [1.54, 1.807) is 19.2 Å². The smallest absolute Gasteiger partial charge is 0.338 e. The second-order valence-corrected chi connectivity index (χ2v) is 8.74. The zero-order chi connectivity index (χ0) is 19.3. The van der Waals surface area contributed by atoms with Crippen LogP contribution in [0.4, 0.5) is 0 Å². The van der Waals surface area contributed by atoms with Gasteiger partial charge in [-0.15, -0.1) is 23.5 Å². The Kier molecular flexibility index (Phi) is 5.87. The summed E-state index contributed by atoms with van der Waals surface area (Å²) >= 11 is 3.86. The van der Waals surface area contributed by atoms with Crippen LogP contribution < -0.4 is 4.74 Å². The fourth-order valence-electron chi connectivity index (χ4n) is 2.73. The molecule has 1 saturated heterocycles. The van der Waals surface area contributed by atoms with Crippen molar-refractivity contribution < 1.29 is 18.8 Å². The average Bonchev–Trinajstić information content (AvgIpc) is 3.44. The van der Waals surface area contributed by atoms with Crippen LogP contribution in [0, 0.1) is 0 Å². The Bertz CT molecular complexity index is 953. The van der Waals surface area contributed by atoms with Gasteiger partial charge >= 0.3 is 5.97 Å². The van der Waals surface area contributed by atoms with Crippen LogP contribution in [0.25, 0.3) is 11.4 Å². The van der Waals surface area contributed by atoms with Gasteiger partial charge in [0.05, 0.1) is 17.3 Å². The van der Waals surface area contributed by atoms with E-state index in [-0.39, 0.29) is 12.5 Å². The molecule has 0 bridgehead atoms. The monoisotopic (exact) mass is 414 g/mol. The van der Waals surface area contributed by atoms with Gasteiger partial charge in [-0.05, 0) is 29.8 Å². The fraction of sp³-hybridized carbons (Fsp3) is 0.250. The number of hydrogen-bond donors (Lipinski definition) is 0.